The zero-order chi connectivity index (χ0) is 20.1. The summed E-state index contributed by atoms with van der Waals surface area (Å²) in [5.74, 6) is -0.712. The van der Waals surface area contributed by atoms with E-state index in [0.29, 0.717) is 5.70 Å². The van der Waals surface area contributed by atoms with E-state index in [1.807, 2.05) is 6.07 Å². The van der Waals surface area contributed by atoms with Crippen LogP contribution < -0.4 is 5.73 Å². The smallest absolute Gasteiger partial charge is 0.308 e. The van der Waals surface area contributed by atoms with Crippen molar-refractivity contribution in [3.8, 4) is 6.07 Å². The van der Waals surface area contributed by atoms with Gasteiger partial charge in [0.1, 0.15) is 24.6 Å². The van der Waals surface area contributed by atoms with Gasteiger partial charge in [0, 0.05) is 0 Å². The molecule has 10 heteroatoms. The maximum absolute atomic E-state index is 11.8. The number of hydrogen-bond donors (Lipinski definition) is 3. The fourth-order valence-corrected chi connectivity index (χ4v) is 3.50. The summed E-state index contributed by atoms with van der Waals surface area (Å²) in [6, 6.07) is 1.16. The van der Waals surface area contributed by atoms with Crippen LogP contribution in [0, 0.1) is 17.2 Å². The summed E-state index contributed by atoms with van der Waals surface area (Å²) in [5.41, 5.74) is 2.66. The predicted octanol–water partition coefficient (Wildman–Crippen LogP) is -0.771. The van der Waals surface area contributed by atoms with Crippen molar-refractivity contribution in [2.24, 2.45) is 21.7 Å². The third-order valence-electron chi connectivity index (χ3n) is 5.28. The Morgan fingerprint density at radius 1 is 1.56 bits per heavy atom. The molecule has 1 aliphatic carbocycles. The number of nitrogens with zero attached hydrogens (tertiary/aromatic N) is 4. The van der Waals surface area contributed by atoms with Crippen molar-refractivity contribution in [2.45, 2.75) is 63.3 Å². The van der Waals surface area contributed by atoms with Crippen LogP contribution in [0.15, 0.2) is 21.9 Å². The van der Waals surface area contributed by atoms with Gasteiger partial charge in [-0.3, -0.25) is 9.80 Å². The number of amidine groups is 1. The second-order valence-corrected chi connectivity index (χ2v) is 7.19. The Hall–Kier alpha value is -2.48. The van der Waals surface area contributed by atoms with Crippen molar-refractivity contribution < 1.29 is 24.5 Å². The zero-order valence-corrected chi connectivity index (χ0v) is 15.5. The molecule has 27 heavy (non-hydrogen) atoms. The van der Waals surface area contributed by atoms with Gasteiger partial charge in [-0.15, -0.1) is 0 Å². The molecule has 3 rings (SSSR count). The lowest BCUT2D eigenvalue weighted by Crippen LogP contribution is -2.60. The molecule has 2 fully saturated rings. The van der Waals surface area contributed by atoms with E-state index < -0.39 is 47.4 Å². The lowest BCUT2D eigenvalue weighted by atomic mass is 9.86. The number of carbonyl (C=O) groups is 1. The van der Waals surface area contributed by atoms with Crippen LogP contribution in [-0.2, 0) is 14.3 Å². The molecule has 0 aromatic rings. The molecule has 2 aliphatic heterocycles. The Labute approximate surface area is 156 Å². The van der Waals surface area contributed by atoms with Crippen LogP contribution >= 0.6 is 0 Å². The fourth-order valence-electron chi connectivity index (χ4n) is 3.50. The summed E-state index contributed by atoms with van der Waals surface area (Å²) in [5, 5.41) is 36.9. The van der Waals surface area contributed by atoms with Gasteiger partial charge in [-0.05, 0) is 13.8 Å². The van der Waals surface area contributed by atoms with E-state index in [-0.39, 0.29) is 5.84 Å². The highest BCUT2D eigenvalue weighted by Gasteiger charge is 2.84. The van der Waals surface area contributed by atoms with Gasteiger partial charge in [0.2, 0.25) is 5.60 Å². The number of hydrogen-bond acceptors (Lipinski definition) is 10. The average molecular weight is 377 g/mol. The largest absolute Gasteiger partial charge is 0.456 e. The molecule has 0 aromatic carbocycles. The lowest BCUT2D eigenvalue weighted by Gasteiger charge is -2.40. The monoisotopic (exact) mass is 377 g/mol. The third kappa shape index (κ3) is 2.54. The number of rotatable bonds is 4. The summed E-state index contributed by atoms with van der Waals surface area (Å²) in [6.45, 7) is 6.66. The number of carbonyl (C=O) groups excluding carboxylic acids is 1. The number of hydrazone groups is 1. The van der Waals surface area contributed by atoms with E-state index in [9.17, 15) is 20.3 Å². The summed E-state index contributed by atoms with van der Waals surface area (Å²) in [4.78, 5) is 15.7. The van der Waals surface area contributed by atoms with Crippen LogP contribution in [0.25, 0.3) is 0 Å². The van der Waals surface area contributed by atoms with E-state index in [2.05, 4.69) is 10.1 Å². The van der Waals surface area contributed by atoms with Crippen LogP contribution in [0.2, 0.25) is 0 Å². The molecule has 2 unspecified atom stereocenters. The number of aliphatic hydroxyl groups is 2. The van der Waals surface area contributed by atoms with Crippen molar-refractivity contribution in [1.29, 1.82) is 5.26 Å². The highest BCUT2D eigenvalue weighted by atomic mass is 16.6. The van der Waals surface area contributed by atoms with Gasteiger partial charge in [0.05, 0.1) is 17.7 Å². The first-order valence-corrected chi connectivity index (χ1v) is 8.66. The first kappa shape index (κ1) is 19.3. The highest BCUT2D eigenvalue weighted by molar-refractivity contribution is 6.01. The van der Waals surface area contributed by atoms with E-state index in [1.165, 1.54) is 11.3 Å². The van der Waals surface area contributed by atoms with Crippen LogP contribution in [0.4, 0.5) is 0 Å². The zero-order valence-electron chi connectivity index (χ0n) is 15.5. The molecule has 4 N–H and O–H groups in total. The normalized spacial score (nSPS) is 39.8. The van der Waals surface area contributed by atoms with Crippen LogP contribution in [-0.4, -0.2) is 68.9 Å². The molecule has 10 nitrogen and oxygen atoms in total. The fraction of sp³-hybridized carbons (Fsp3) is 0.647. The molecule has 0 radical (unpaired) electrons. The van der Waals surface area contributed by atoms with Crippen molar-refractivity contribution in [3.05, 3.63) is 11.8 Å². The number of nitriles is 1. The number of aliphatic imine (C=N–C) groups is 1. The minimum Gasteiger partial charge on any atom is -0.456 e. The van der Waals surface area contributed by atoms with Gasteiger partial charge in [-0.1, -0.05) is 19.9 Å². The van der Waals surface area contributed by atoms with Gasteiger partial charge in [0.25, 0.3) is 0 Å². The number of aliphatic hydroxyl groups excluding tert-OH is 1. The Bertz CT molecular complexity index is 787. The van der Waals surface area contributed by atoms with E-state index in [4.69, 9.17) is 15.2 Å². The van der Waals surface area contributed by atoms with Crippen molar-refractivity contribution in [3.63, 3.8) is 0 Å². The minimum absolute atomic E-state index is 0.201. The molecular weight excluding hydrogens is 354 g/mol. The topological polar surface area (TPSA) is 154 Å². The summed E-state index contributed by atoms with van der Waals surface area (Å²) in [6.07, 6.45) is -0.734. The molecule has 3 aliphatic rings. The number of allylic oxidation sites excluding steroid dienone is 1. The predicted molar refractivity (Wildman–Crippen MR) is 94.1 cm³/mol. The second kappa shape index (κ2) is 6.30. The summed E-state index contributed by atoms with van der Waals surface area (Å²) >= 11 is 0. The Morgan fingerprint density at radius 2 is 2.22 bits per heavy atom. The van der Waals surface area contributed by atoms with Gasteiger partial charge < -0.3 is 25.4 Å². The van der Waals surface area contributed by atoms with E-state index in [1.54, 1.807) is 33.8 Å². The molecular formula is C17H23N5O5. The number of fused-ring (bicyclic) bond motifs is 1. The molecule has 0 amide bonds. The van der Waals surface area contributed by atoms with Crippen molar-refractivity contribution >= 4 is 18.1 Å². The Balaban J connectivity index is 1.85. The SMILES string of the molecule is C/C=C1/C(N)=NC=NN1C(C)[C@]1(C#N)O[C@@H]2C(OC(=O)C(C)C)[C@]2(O)[C@H]1O. The molecule has 2 heterocycles. The molecule has 1 saturated heterocycles. The number of nitrogens with two attached hydrogens (primary N) is 1. The summed E-state index contributed by atoms with van der Waals surface area (Å²) in [7, 11) is 0. The molecule has 146 valence electrons. The molecule has 0 spiro atoms. The standard InChI is InChI=1S/C17H23N5O5/c1-5-10-13(19)20-7-21-22(10)9(4)16(6-18)15(24)17(25)11(12(17)27-16)26-14(23)8(2)3/h5,7-9,11-12,15,24-25H,1-4H3,(H2,19,20,21)/b10-5-/t9?,11?,12-,15+,16+,17-/m1/s1. The molecule has 6 atom stereocenters. The Kier molecular flexibility index (Phi) is 4.50. The minimum atomic E-state index is -1.84. The number of esters is 1. The van der Waals surface area contributed by atoms with E-state index in [0.717, 1.165) is 0 Å². The molecule has 0 aromatic heterocycles. The molecule has 0 bridgehead atoms. The van der Waals surface area contributed by atoms with Crippen molar-refractivity contribution in [2.75, 3.05) is 0 Å². The van der Waals surface area contributed by atoms with E-state index >= 15 is 0 Å². The maximum atomic E-state index is 11.8. The van der Waals surface area contributed by atoms with Crippen LogP contribution in [0.5, 0.6) is 0 Å². The second-order valence-electron chi connectivity index (χ2n) is 7.19. The maximum Gasteiger partial charge on any atom is 0.308 e. The lowest BCUT2D eigenvalue weighted by molar-refractivity contribution is -0.166. The highest BCUT2D eigenvalue weighted by Crippen LogP contribution is 2.57. The Morgan fingerprint density at radius 3 is 2.70 bits per heavy atom. The van der Waals surface area contributed by atoms with Gasteiger partial charge in [-0.2, -0.15) is 10.4 Å². The quantitative estimate of drug-likeness (QED) is 0.540. The van der Waals surface area contributed by atoms with Gasteiger partial charge >= 0.3 is 5.97 Å². The van der Waals surface area contributed by atoms with Gasteiger partial charge in [-0.25, -0.2) is 4.99 Å². The molecule has 1 saturated carbocycles. The summed E-state index contributed by atoms with van der Waals surface area (Å²) < 4.78 is 11.0. The average Bonchev–Trinajstić information content (AvgIpc) is 3.11. The van der Waals surface area contributed by atoms with Crippen molar-refractivity contribution in [1.82, 2.24) is 5.01 Å². The van der Waals surface area contributed by atoms with Crippen LogP contribution in [0.3, 0.4) is 0 Å². The first-order valence-electron chi connectivity index (χ1n) is 8.66. The van der Waals surface area contributed by atoms with Gasteiger partial charge in [0.15, 0.2) is 17.5 Å². The van der Waals surface area contributed by atoms with Crippen LogP contribution in [0.1, 0.15) is 27.7 Å². The third-order valence-corrected chi connectivity index (χ3v) is 5.28. The first-order chi connectivity index (χ1) is 12.6. The number of ether oxygens (including phenoxy) is 2.